The quantitative estimate of drug-likeness (QED) is 0.857. The Bertz CT molecular complexity index is 487. The van der Waals surface area contributed by atoms with Crippen LogP contribution in [0.3, 0.4) is 0 Å². The van der Waals surface area contributed by atoms with Crippen LogP contribution in [0, 0.1) is 12.8 Å². The highest BCUT2D eigenvalue weighted by molar-refractivity contribution is 5.98. The van der Waals surface area contributed by atoms with Gasteiger partial charge in [0.25, 0.3) is 5.91 Å². The lowest BCUT2D eigenvalue weighted by Crippen LogP contribution is -2.43. The smallest absolute Gasteiger partial charge is 0.326 e. The number of amides is 1. The number of pyridine rings is 1. The Kier molecular flexibility index (Phi) is 3.32. The Balaban J connectivity index is 2.29. The first-order valence-corrected chi connectivity index (χ1v) is 5.96. The molecule has 0 aromatic carbocycles. The first-order chi connectivity index (χ1) is 8.52. The molecule has 2 atom stereocenters. The van der Waals surface area contributed by atoms with Gasteiger partial charge in [0.05, 0.1) is 0 Å². The van der Waals surface area contributed by atoms with E-state index in [0.717, 1.165) is 12.0 Å². The average Bonchev–Trinajstić information content (AvgIpc) is 2.71. The number of aromatic nitrogens is 1. The van der Waals surface area contributed by atoms with E-state index in [4.69, 9.17) is 0 Å². The van der Waals surface area contributed by atoms with Crippen molar-refractivity contribution in [2.75, 3.05) is 6.54 Å². The predicted octanol–water partition coefficient (Wildman–Crippen LogP) is 1.33. The monoisotopic (exact) mass is 248 g/mol. The summed E-state index contributed by atoms with van der Waals surface area (Å²) in [5.74, 6) is -1.15. The SMILES string of the molecule is Cc1cnccc1C(=O)N1CCC(C)C1C(=O)O. The molecule has 0 bridgehead atoms. The first-order valence-electron chi connectivity index (χ1n) is 5.96. The molecule has 5 nitrogen and oxygen atoms in total. The molecular formula is C13H16N2O3. The fourth-order valence-corrected chi connectivity index (χ4v) is 2.42. The predicted molar refractivity (Wildman–Crippen MR) is 65.2 cm³/mol. The van der Waals surface area contributed by atoms with Gasteiger partial charge in [-0.25, -0.2) is 4.79 Å². The molecule has 2 rings (SSSR count). The molecule has 0 aliphatic carbocycles. The highest BCUT2D eigenvalue weighted by Crippen LogP contribution is 2.26. The minimum absolute atomic E-state index is 0.00593. The number of aliphatic carboxylic acids is 1. The van der Waals surface area contributed by atoms with Crippen molar-refractivity contribution in [3.05, 3.63) is 29.6 Å². The molecular weight excluding hydrogens is 232 g/mol. The van der Waals surface area contributed by atoms with Crippen molar-refractivity contribution in [2.45, 2.75) is 26.3 Å². The van der Waals surface area contributed by atoms with E-state index in [9.17, 15) is 14.7 Å². The summed E-state index contributed by atoms with van der Waals surface area (Å²) in [4.78, 5) is 29.0. The number of nitrogens with zero attached hydrogens (tertiary/aromatic N) is 2. The van der Waals surface area contributed by atoms with Crippen LogP contribution in [0.2, 0.25) is 0 Å². The molecule has 1 aromatic heterocycles. The first kappa shape index (κ1) is 12.5. The molecule has 0 radical (unpaired) electrons. The zero-order chi connectivity index (χ0) is 13.3. The summed E-state index contributed by atoms with van der Waals surface area (Å²) in [6.45, 7) is 4.17. The minimum atomic E-state index is -0.931. The van der Waals surface area contributed by atoms with Crippen LogP contribution in [0.5, 0.6) is 0 Å². The Morgan fingerprint density at radius 1 is 1.50 bits per heavy atom. The van der Waals surface area contributed by atoms with Crippen molar-refractivity contribution in [1.29, 1.82) is 0 Å². The van der Waals surface area contributed by atoms with Crippen LogP contribution < -0.4 is 0 Å². The van der Waals surface area contributed by atoms with Gasteiger partial charge in [-0.15, -0.1) is 0 Å². The number of carbonyl (C=O) groups is 2. The second-order valence-corrected chi connectivity index (χ2v) is 4.74. The molecule has 2 heterocycles. The van der Waals surface area contributed by atoms with E-state index < -0.39 is 12.0 Å². The highest BCUT2D eigenvalue weighted by atomic mass is 16.4. The molecule has 96 valence electrons. The van der Waals surface area contributed by atoms with Crippen LogP contribution in [-0.4, -0.2) is 39.5 Å². The lowest BCUT2D eigenvalue weighted by atomic mass is 10.0. The molecule has 1 saturated heterocycles. The molecule has 2 unspecified atom stereocenters. The molecule has 1 amide bonds. The number of aryl methyl sites for hydroxylation is 1. The zero-order valence-electron chi connectivity index (χ0n) is 10.5. The summed E-state index contributed by atoms with van der Waals surface area (Å²) >= 11 is 0. The number of carbonyl (C=O) groups excluding carboxylic acids is 1. The van der Waals surface area contributed by atoms with Gasteiger partial charge in [0.15, 0.2) is 0 Å². The number of hydrogen-bond donors (Lipinski definition) is 1. The van der Waals surface area contributed by atoms with Gasteiger partial charge in [0, 0.05) is 24.5 Å². The van der Waals surface area contributed by atoms with E-state index in [1.54, 1.807) is 25.4 Å². The van der Waals surface area contributed by atoms with E-state index in [0.29, 0.717) is 12.1 Å². The molecule has 1 aromatic rings. The molecule has 1 aliphatic heterocycles. The molecule has 1 N–H and O–H groups in total. The Labute approximate surface area is 105 Å². The van der Waals surface area contributed by atoms with Crippen molar-refractivity contribution >= 4 is 11.9 Å². The van der Waals surface area contributed by atoms with Gasteiger partial charge in [-0.3, -0.25) is 9.78 Å². The van der Waals surface area contributed by atoms with Gasteiger partial charge >= 0.3 is 5.97 Å². The van der Waals surface area contributed by atoms with E-state index in [-0.39, 0.29) is 11.8 Å². The lowest BCUT2D eigenvalue weighted by Gasteiger charge is -2.23. The van der Waals surface area contributed by atoms with E-state index in [2.05, 4.69) is 4.98 Å². The summed E-state index contributed by atoms with van der Waals surface area (Å²) in [5, 5.41) is 9.21. The number of likely N-dealkylation sites (tertiary alicyclic amines) is 1. The highest BCUT2D eigenvalue weighted by Gasteiger charge is 2.39. The third-order valence-corrected chi connectivity index (χ3v) is 3.46. The Hall–Kier alpha value is -1.91. The maximum atomic E-state index is 12.4. The van der Waals surface area contributed by atoms with Crippen molar-refractivity contribution in [3.63, 3.8) is 0 Å². The van der Waals surface area contributed by atoms with E-state index in [1.807, 2.05) is 6.92 Å². The van der Waals surface area contributed by atoms with Crippen molar-refractivity contribution in [3.8, 4) is 0 Å². The van der Waals surface area contributed by atoms with Gasteiger partial charge in [-0.05, 0) is 30.9 Å². The van der Waals surface area contributed by atoms with Gasteiger partial charge in [-0.1, -0.05) is 6.92 Å². The Morgan fingerprint density at radius 3 is 2.83 bits per heavy atom. The molecule has 0 saturated carbocycles. The van der Waals surface area contributed by atoms with Crippen LogP contribution in [-0.2, 0) is 4.79 Å². The van der Waals surface area contributed by atoms with E-state index in [1.165, 1.54) is 4.90 Å². The summed E-state index contributed by atoms with van der Waals surface area (Å²) in [6, 6.07) is 0.921. The molecule has 1 fully saturated rings. The normalized spacial score (nSPS) is 23.1. The summed E-state index contributed by atoms with van der Waals surface area (Å²) in [5.41, 5.74) is 1.30. The fourth-order valence-electron chi connectivity index (χ4n) is 2.42. The van der Waals surface area contributed by atoms with Crippen molar-refractivity contribution in [1.82, 2.24) is 9.88 Å². The summed E-state index contributed by atoms with van der Waals surface area (Å²) < 4.78 is 0. The van der Waals surface area contributed by atoms with Crippen LogP contribution in [0.1, 0.15) is 29.3 Å². The molecule has 5 heteroatoms. The molecule has 1 aliphatic rings. The standard InChI is InChI=1S/C13H16N2O3/c1-8-4-6-15(11(8)13(17)18)12(16)10-3-5-14-7-9(10)2/h3,5,7-8,11H,4,6H2,1-2H3,(H,17,18). The number of carboxylic acid groups (broad SMARTS) is 1. The van der Waals surface area contributed by atoms with E-state index >= 15 is 0 Å². The number of hydrogen-bond acceptors (Lipinski definition) is 3. The largest absolute Gasteiger partial charge is 0.480 e. The minimum Gasteiger partial charge on any atom is -0.480 e. The topological polar surface area (TPSA) is 70.5 Å². The second kappa shape index (κ2) is 4.76. The second-order valence-electron chi connectivity index (χ2n) is 4.74. The van der Waals surface area contributed by atoms with Crippen LogP contribution in [0.25, 0.3) is 0 Å². The van der Waals surface area contributed by atoms with Gasteiger partial charge in [0.1, 0.15) is 6.04 Å². The number of rotatable bonds is 2. The van der Waals surface area contributed by atoms with Gasteiger partial charge in [-0.2, -0.15) is 0 Å². The lowest BCUT2D eigenvalue weighted by molar-refractivity contribution is -0.142. The average molecular weight is 248 g/mol. The zero-order valence-corrected chi connectivity index (χ0v) is 10.5. The maximum absolute atomic E-state index is 12.4. The van der Waals surface area contributed by atoms with Crippen molar-refractivity contribution in [2.24, 2.45) is 5.92 Å². The summed E-state index contributed by atoms with van der Waals surface area (Å²) in [7, 11) is 0. The maximum Gasteiger partial charge on any atom is 0.326 e. The van der Waals surface area contributed by atoms with Crippen LogP contribution >= 0.6 is 0 Å². The van der Waals surface area contributed by atoms with Gasteiger partial charge in [0.2, 0.25) is 0 Å². The van der Waals surface area contributed by atoms with Crippen LogP contribution in [0.15, 0.2) is 18.5 Å². The third kappa shape index (κ3) is 2.08. The Morgan fingerprint density at radius 2 is 2.22 bits per heavy atom. The number of carboxylic acids is 1. The van der Waals surface area contributed by atoms with Crippen molar-refractivity contribution < 1.29 is 14.7 Å². The molecule has 0 spiro atoms. The third-order valence-electron chi connectivity index (χ3n) is 3.46. The summed E-state index contributed by atoms with van der Waals surface area (Å²) in [6.07, 6.45) is 3.89. The van der Waals surface area contributed by atoms with Gasteiger partial charge < -0.3 is 10.0 Å². The fraction of sp³-hybridized carbons (Fsp3) is 0.462. The molecule has 18 heavy (non-hydrogen) atoms. The van der Waals surface area contributed by atoms with Crippen LogP contribution in [0.4, 0.5) is 0 Å².